The molecule has 0 amide bonds. The van der Waals surface area contributed by atoms with Crippen LogP contribution in [-0.4, -0.2) is 16.5 Å². The van der Waals surface area contributed by atoms with Crippen molar-refractivity contribution in [2.24, 2.45) is 0 Å². The van der Waals surface area contributed by atoms with E-state index < -0.39 is 4.92 Å². The van der Waals surface area contributed by atoms with Gasteiger partial charge in [-0.05, 0) is 24.5 Å². The number of nitrogens with two attached hydrogens (primary N) is 1. The summed E-state index contributed by atoms with van der Waals surface area (Å²) in [5.74, 6) is 0.558. The van der Waals surface area contributed by atoms with Gasteiger partial charge in [0.1, 0.15) is 11.6 Å². The van der Waals surface area contributed by atoms with Crippen molar-refractivity contribution in [3.8, 4) is 0 Å². The number of nitrogens with one attached hydrogen (secondary N) is 1. The van der Waals surface area contributed by atoms with Crippen LogP contribution in [0.2, 0.25) is 0 Å². The zero-order chi connectivity index (χ0) is 14.5. The maximum absolute atomic E-state index is 10.7. The predicted molar refractivity (Wildman–Crippen MR) is 78.7 cm³/mol. The van der Waals surface area contributed by atoms with Crippen molar-refractivity contribution in [3.05, 3.63) is 57.6 Å². The average molecular weight is 272 g/mol. The number of nitro groups is 1. The van der Waals surface area contributed by atoms with Crippen LogP contribution in [0.25, 0.3) is 0 Å². The Labute approximate surface area is 116 Å². The number of anilines is 2. The molecule has 0 aliphatic carbocycles. The van der Waals surface area contributed by atoms with Crippen LogP contribution in [0.15, 0.2) is 36.4 Å². The van der Waals surface area contributed by atoms with Crippen molar-refractivity contribution in [3.63, 3.8) is 0 Å². The van der Waals surface area contributed by atoms with Crippen LogP contribution >= 0.6 is 0 Å². The smallest absolute Gasteiger partial charge is 0.276 e. The summed E-state index contributed by atoms with van der Waals surface area (Å²) >= 11 is 0. The van der Waals surface area contributed by atoms with Gasteiger partial charge in [-0.25, -0.2) is 4.98 Å². The number of benzene rings is 1. The highest BCUT2D eigenvalue weighted by atomic mass is 16.6. The van der Waals surface area contributed by atoms with Gasteiger partial charge in [0, 0.05) is 6.54 Å². The molecule has 0 saturated carbocycles. The topological polar surface area (TPSA) is 94.1 Å². The van der Waals surface area contributed by atoms with Crippen molar-refractivity contribution in [2.75, 3.05) is 17.6 Å². The van der Waals surface area contributed by atoms with E-state index in [-0.39, 0.29) is 11.5 Å². The Balaban J connectivity index is 2.01. The summed E-state index contributed by atoms with van der Waals surface area (Å²) in [4.78, 5) is 14.3. The van der Waals surface area contributed by atoms with E-state index in [0.29, 0.717) is 12.4 Å². The van der Waals surface area contributed by atoms with Gasteiger partial charge < -0.3 is 11.1 Å². The van der Waals surface area contributed by atoms with Crippen molar-refractivity contribution in [1.82, 2.24) is 4.98 Å². The zero-order valence-electron chi connectivity index (χ0n) is 11.2. The molecule has 0 bridgehead atoms. The number of rotatable bonds is 5. The van der Waals surface area contributed by atoms with E-state index in [0.717, 1.165) is 6.42 Å². The molecule has 1 aromatic carbocycles. The van der Waals surface area contributed by atoms with Gasteiger partial charge in [0.15, 0.2) is 0 Å². The minimum absolute atomic E-state index is 0.0594. The standard InChI is InChI=1S/C14H16N4O2/c1-10-4-2-3-5-11(10)6-7-16-14-9-12(18(19)20)8-13(15)17-14/h2-5,8-9H,6-7H2,1H3,(H3,15,16,17). The van der Waals surface area contributed by atoms with Crippen molar-refractivity contribution < 1.29 is 4.92 Å². The molecule has 0 unspecified atom stereocenters. The fraction of sp³-hybridized carbons (Fsp3) is 0.214. The molecular formula is C14H16N4O2. The van der Waals surface area contributed by atoms with Gasteiger partial charge in [-0.15, -0.1) is 0 Å². The molecular weight excluding hydrogens is 256 g/mol. The van der Waals surface area contributed by atoms with Crippen LogP contribution in [0.4, 0.5) is 17.3 Å². The molecule has 3 N–H and O–H groups in total. The third-order valence-electron chi connectivity index (χ3n) is 3.00. The van der Waals surface area contributed by atoms with E-state index in [1.807, 2.05) is 12.1 Å². The normalized spacial score (nSPS) is 10.2. The Kier molecular flexibility index (Phi) is 4.14. The molecule has 1 aromatic heterocycles. The lowest BCUT2D eigenvalue weighted by Crippen LogP contribution is -2.08. The van der Waals surface area contributed by atoms with Gasteiger partial charge in [-0.3, -0.25) is 10.1 Å². The second-order valence-electron chi connectivity index (χ2n) is 4.50. The van der Waals surface area contributed by atoms with Gasteiger partial charge in [-0.2, -0.15) is 0 Å². The molecule has 104 valence electrons. The third kappa shape index (κ3) is 3.44. The highest BCUT2D eigenvalue weighted by Gasteiger charge is 2.09. The molecule has 0 aliphatic rings. The van der Waals surface area contributed by atoms with Crippen molar-refractivity contribution in [1.29, 1.82) is 0 Å². The second-order valence-corrected chi connectivity index (χ2v) is 4.50. The summed E-state index contributed by atoms with van der Waals surface area (Å²) in [5, 5.41) is 13.8. The molecule has 0 radical (unpaired) electrons. The molecule has 0 atom stereocenters. The molecule has 0 aliphatic heterocycles. The van der Waals surface area contributed by atoms with E-state index in [1.165, 1.54) is 23.3 Å². The van der Waals surface area contributed by atoms with Crippen molar-refractivity contribution in [2.45, 2.75) is 13.3 Å². The summed E-state index contributed by atoms with van der Waals surface area (Å²) in [6.45, 7) is 2.69. The van der Waals surface area contributed by atoms with E-state index in [4.69, 9.17) is 5.73 Å². The van der Waals surface area contributed by atoms with Gasteiger partial charge in [-0.1, -0.05) is 24.3 Å². The Hall–Kier alpha value is -2.63. The lowest BCUT2D eigenvalue weighted by Gasteiger charge is -2.08. The number of pyridine rings is 1. The maximum Gasteiger partial charge on any atom is 0.276 e. The van der Waals surface area contributed by atoms with Gasteiger partial charge >= 0.3 is 0 Å². The largest absolute Gasteiger partial charge is 0.383 e. The monoisotopic (exact) mass is 272 g/mol. The highest BCUT2D eigenvalue weighted by molar-refractivity contribution is 5.52. The first kappa shape index (κ1) is 13.8. The summed E-state index contributed by atoms with van der Waals surface area (Å²) in [6, 6.07) is 10.7. The maximum atomic E-state index is 10.7. The number of hydrogen-bond acceptors (Lipinski definition) is 5. The second kappa shape index (κ2) is 6.01. The number of hydrogen-bond donors (Lipinski definition) is 2. The van der Waals surface area contributed by atoms with Crippen LogP contribution in [0.3, 0.4) is 0 Å². The van der Waals surface area contributed by atoms with Gasteiger partial charge in [0.25, 0.3) is 5.69 Å². The molecule has 2 rings (SSSR count). The Bertz CT molecular complexity index is 628. The molecule has 2 aromatic rings. The minimum atomic E-state index is -0.482. The minimum Gasteiger partial charge on any atom is -0.383 e. The molecule has 20 heavy (non-hydrogen) atoms. The fourth-order valence-electron chi connectivity index (χ4n) is 1.95. The first-order valence-corrected chi connectivity index (χ1v) is 6.26. The lowest BCUT2D eigenvalue weighted by molar-refractivity contribution is -0.384. The molecule has 6 heteroatoms. The molecule has 0 saturated heterocycles. The van der Waals surface area contributed by atoms with Crippen LogP contribution < -0.4 is 11.1 Å². The van der Waals surface area contributed by atoms with Crippen LogP contribution in [-0.2, 0) is 6.42 Å². The summed E-state index contributed by atoms with van der Waals surface area (Å²) in [6.07, 6.45) is 0.816. The molecule has 1 heterocycles. The van der Waals surface area contributed by atoms with E-state index in [1.54, 1.807) is 0 Å². The Morgan fingerprint density at radius 3 is 2.80 bits per heavy atom. The van der Waals surface area contributed by atoms with E-state index >= 15 is 0 Å². The number of nitrogens with zero attached hydrogens (tertiary/aromatic N) is 2. The first-order valence-electron chi connectivity index (χ1n) is 6.26. The first-order chi connectivity index (χ1) is 9.56. The van der Waals surface area contributed by atoms with Crippen LogP contribution in [0, 0.1) is 17.0 Å². The van der Waals surface area contributed by atoms with Gasteiger partial charge in [0.2, 0.25) is 0 Å². The summed E-state index contributed by atoms with van der Waals surface area (Å²) < 4.78 is 0. The summed E-state index contributed by atoms with van der Waals surface area (Å²) in [7, 11) is 0. The number of aromatic nitrogens is 1. The molecule has 6 nitrogen and oxygen atoms in total. The molecule has 0 fully saturated rings. The molecule has 0 spiro atoms. The summed E-state index contributed by atoms with van der Waals surface area (Å²) in [5.41, 5.74) is 7.95. The fourth-order valence-corrected chi connectivity index (χ4v) is 1.95. The Morgan fingerprint density at radius 1 is 1.35 bits per heavy atom. The average Bonchev–Trinajstić information content (AvgIpc) is 2.40. The zero-order valence-corrected chi connectivity index (χ0v) is 11.2. The predicted octanol–water partition coefficient (Wildman–Crippen LogP) is 2.54. The third-order valence-corrected chi connectivity index (χ3v) is 3.00. The van der Waals surface area contributed by atoms with E-state index in [9.17, 15) is 10.1 Å². The van der Waals surface area contributed by atoms with Crippen molar-refractivity contribution >= 4 is 17.3 Å². The number of aryl methyl sites for hydroxylation is 1. The lowest BCUT2D eigenvalue weighted by atomic mass is 10.1. The Morgan fingerprint density at radius 2 is 2.10 bits per heavy atom. The van der Waals surface area contributed by atoms with Crippen LogP contribution in [0.1, 0.15) is 11.1 Å². The van der Waals surface area contributed by atoms with E-state index in [2.05, 4.69) is 29.4 Å². The number of nitrogen functional groups attached to an aromatic ring is 1. The van der Waals surface area contributed by atoms with Crippen LogP contribution in [0.5, 0.6) is 0 Å². The SMILES string of the molecule is Cc1ccccc1CCNc1cc([N+](=O)[O-])cc(N)n1. The quantitative estimate of drug-likeness (QED) is 0.644. The van der Waals surface area contributed by atoms with Gasteiger partial charge in [0.05, 0.1) is 17.1 Å². The highest BCUT2D eigenvalue weighted by Crippen LogP contribution is 2.18.